The molecule has 0 unspecified atom stereocenters. The predicted molar refractivity (Wildman–Crippen MR) is 74.8 cm³/mol. The van der Waals surface area contributed by atoms with E-state index in [0.717, 1.165) is 16.7 Å². The number of benzene rings is 2. The van der Waals surface area contributed by atoms with Gasteiger partial charge in [-0.2, -0.15) is 0 Å². The Morgan fingerprint density at radius 3 is 2.06 bits per heavy atom. The number of hydrogen-bond donors (Lipinski definition) is 1. The molecular formula is C13H10Cl3N. The Labute approximate surface area is 115 Å². The molecule has 0 aliphatic rings. The van der Waals surface area contributed by atoms with Gasteiger partial charge in [0.1, 0.15) is 0 Å². The Morgan fingerprint density at radius 2 is 1.47 bits per heavy atom. The van der Waals surface area contributed by atoms with E-state index in [9.17, 15) is 0 Å². The molecule has 0 amide bonds. The summed E-state index contributed by atoms with van der Waals surface area (Å²) < 4.78 is 0. The molecule has 0 aliphatic heterocycles. The van der Waals surface area contributed by atoms with Gasteiger partial charge in [0.2, 0.25) is 0 Å². The Morgan fingerprint density at radius 1 is 0.824 bits per heavy atom. The van der Waals surface area contributed by atoms with Crippen LogP contribution in [0.25, 0.3) is 11.1 Å². The van der Waals surface area contributed by atoms with Crippen molar-refractivity contribution in [3.8, 4) is 11.1 Å². The molecule has 88 valence electrons. The van der Waals surface area contributed by atoms with E-state index < -0.39 is 0 Å². The SMILES string of the molecule is NCc1ccc(Cl)cc1-c1cc(Cl)cc(Cl)c1. The van der Waals surface area contributed by atoms with E-state index in [1.165, 1.54) is 0 Å². The number of rotatable bonds is 2. The minimum absolute atomic E-state index is 0.441. The first-order chi connectivity index (χ1) is 8.10. The van der Waals surface area contributed by atoms with E-state index in [0.29, 0.717) is 21.6 Å². The molecule has 1 nitrogen and oxygen atoms in total. The average molecular weight is 287 g/mol. The second-order valence-corrected chi connectivity index (χ2v) is 4.97. The van der Waals surface area contributed by atoms with Gasteiger partial charge in [-0.1, -0.05) is 40.9 Å². The van der Waals surface area contributed by atoms with E-state index >= 15 is 0 Å². The van der Waals surface area contributed by atoms with Crippen LogP contribution in [0.1, 0.15) is 5.56 Å². The Bertz CT molecular complexity index is 532. The maximum Gasteiger partial charge on any atom is 0.0426 e. The average Bonchev–Trinajstić information content (AvgIpc) is 2.27. The van der Waals surface area contributed by atoms with Gasteiger partial charge < -0.3 is 5.73 Å². The lowest BCUT2D eigenvalue weighted by Gasteiger charge is -2.09. The van der Waals surface area contributed by atoms with E-state index in [-0.39, 0.29) is 0 Å². The molecule has 2 aromatic carbocycles. The van der Waals surface area contributed by atoms with Crippen molar-refractivity contribution in [3.05, 3.63) is 57.0 Å². The summed E-state index contributed by atoms with van der Waals surface area (Å²) in [6.07, 6.45) is 0. The second kappa shape index (κ2) is 5.28. The summed E-state index contributed by atoms with van der Waals surface area (Å²) in [5.74, 6) is 0. The fourth-order valence-electron chi connectivity index (χ4n) is 1.70. The summed E-state index contributed by atoms with van der Waals surface area (Å²) in [6, 6.07) is 11.0. The highest BCUT2D eigenvalue weighted by Gasteiger charge is 2.07. The van der Waals surface area contributed by atoms with Crippen molar-refractivity contribution in [1.82, 2.24) is 0 Å². The molecule has 4 heteroatoms. The van der Waals surface area contributed by atoms with Crippen molar-refractivity contribution in [2.45, 2.75) is 6.54 Å². The van der Waals surface area contributed by atoms with Crippen LogP contribution in [0.4, 0.5) is 0 Å². The molecule has 0 spiro atoms. The quantitative estimate of drug-likeness (QED) is 0.845. The molecule has 17 heavy (non-hydrogen) atoms. The topological polar surface area (TPSA) is 26.0 Å². The van der Waals surface area contributed by atoms with Crippen molar-refractivity contribution in [1.29, 1.82) is 0 Å². The first-order valence-electron chi connectivity index (χ1n) is 5.05. The van der Waals surface area contributed by atoms with Gasteiger partial charge >= 0.3 is 0 Å². The third-order valence-corrected chi connectivity index (χ3v) is 3.14. The lowest BCUT2D eigenvalue weighted by atomic mass is 10.00. The first-order valence-corrected chi connectivity index (χ1v) is 6.18. The fourth-order valence-corrected chi connectivity index (χ4v) is 2.40. The maximum atomic E-state index is 6.00. The molecule has 2 N–H and O–H groups in total. The standard InChI is InChI=1S/C13H10Cl3N/c14-10-2-1-8(7-17)13(6-10)9-3-11(15)5-12(16)4-9/h1-6H,7,17H2. The molecule has 0 radical (unpaired) electrons. The second-order valence-electron chi connectivity index (χ2n) is 3.66. The predicted octanol–water partition coefficient (Wildman–Crippen LogP) is 4.77. The zero-order chi connectivity index (χ0) is 12.4. The van der Waals surface area contributed by atoms with Gasteiger partial charge in [-0.25, -0.2) is 0 Å². The van der Waals surface area contributed by atoms with Gasteiger partial charge in [-0.15, -0.1) is 0 Å². The third-order valence-electron chi connectivity index (χ3n) is 2.47. The smallest absolute Gasteiger partial charge is 0.0426 e. The Hall–Kier alpha value is -0.730. The Kier molecular flexibility index (Phi) is 3.95. The minimum Gasteiger partial charge on any atom is -0.326 e. The van der Waals surface area contributed by atoms with Crippen LogP contribution in [0, 0.1) is 0 Å². The summed E-state index contributed by atoms with van der Waals surface area (Å²) in [6.45, 7) is 0.441. The van der Waals surface area contributed by atoms with Crippen molar-refractivity contribution in [2.24, 2.45) is 5.73 Å². The van der Waals surface area contributed by atoms with Gasteiger partial charge in [0, 0.05) is 21.6 Å². The van der Waals surface area contributed by atoms with Gasteiger partial charge in [-0.05, 0) is 47.0 Å². The van der Waals surface area contributed by atoms with Gasteiger partial charge in [0.25, 0.3) is 0 Å². The summed E-state index contributed by atoms with van der Waals surface area (Å²) in [4.78, 5) is 0. The van der Waals surface area contributed by atoms with Crippen molar-refractivity contribution < 1.29 is 0 Å². The summed E-state index contributed by atoms with van der Waals surface area (Å²) in [7, 11) is 0. The van der Waals surface area contributed by atoms with Crippen LogP contribution in [-0.2, 0) is 6.54 Å². The van der Waals surface area contributed by atoms with Crippen molar-refractivity contribution >= 4 is 34.8 Å². The third kappa shape index (κ3) is 2.93. The molecule has 0 saturated carbocycles. The monoisotopic (exact) mass is 285 g/mol. The first kappa shape index (κ1) is 12.7. The van der Waals surface area contributed by atoms with Crippen molar-refractivity contribution in [3.63, 3.8) is 0 Å². The fraction of sp³-hybridized carbons (Fsp3) is 0.0769. The molecule has 0 fully saturated rings. The molecular weight excluding hydrogens is 277 g/mol. The van der Waals surface area contributed by atoms with E-state index in [2.05, 4.69) is 0 Å². The lowest BCUT2D eigenvalue weighted by molar-refractivity contribution is 1.07. The van der Waals surface area contributed by atoms with Crippen LogP contribution < -0.4 is 5.73 Å². The highest BCUT2D eigenvalue weighted by Crippen LogP contribution is 2.31. The van der Waals surface area contributed by atoms with E-state index in [1.54, 1.807) is 6.07 Å². The van der Waals surface area contributed by atoms with Crippen LogP contribution in [-0.4, -0.2) is 0 Å². The summed E-state index contributed by atoms with van der Waals surface area (Å²) in [5, 5.41) is 1.85. The van der Waals surface area contributed by atoms with Gasteiger partial charge in [0.05, 0.1) is 0 Å². The highest BCUT2D eigenvalue weighted by molar-refractivity contribution is 6.35. The van der Waals surface area contributed by atoms with Crippen LogP contribution in [0.15, 0.2) is 36.4 Å². The largest absolute Gasteiger partial charge is 0.326 e. The van der Waals surface area contributed by atoms with Crippen molar-refractivity contribution in [2.75, 3.05) is 0 Å². The summed E-state index contributed by atoms with van der Waals surface area (Å²) >= 11 is 18.0. The molecule has 0 bridgehead atoms. The lowest BCUT2D eigenvalue weighted by Crippen LogP contribution is -1.98. The number of nitrogens with two attached hydrogens (primary N) is 1. The zero-order valence-electron chi connectivity index (χ0n) is 8.88. The van der Waals surface area contributed by atoms with E-state index in [1.807, 2.05) is 30.3 Å². The maximum absolute atomic E-state index is 6.00. The summed E-state index contributed by atoms with van der Waals surface area (Å²) in [5.41, 5.74) is 8.60. The van der Waals surface area contributed by atoms with E-state index in [4.69, 9.17) is 40.5 Å². The van der Waals surface area contributed by atoms with Crippen LogP contribution in [0.3, 0.4) is 0 Å². The van der Waals surface area contributed by atoms with Crippen LogP contribution in [0.2, 0.25) is 15.1 Å². The van der Waals surface area contributed by atoms with Crippen LogP contribution >= 0.6 is 34.8 Å². The molecule has 0 aliphatic carbocycles. The zero-order valence-corrected chi connectivity index (χ0v) is 11.2. The van der Waals surface area contributed by atoms with Gasteiger partial charge in [0.15, 0.2) is 0 Å². The van der Waals surface area contributed by atoms with Crippen LogP contribution in [0.5, 0.6) is 0 Å². The molecule has 0 atom stereocenters. The molecule has 2 aromatic rings. The van der Waals surface area contributed by atoms with Gasteiger partial charge in [-0.3, -0.25) is 0 Å². The molecule has 0 aromatic heterocycles. The molecule has 2 rings (SSSR count). The molecule has 0 saturated heterocycles. The normalized spacial score (nSPS) is 10.6. The number of halogens is 3. The highest BCUT2D eigenvalue weighted by atomic mass is 35.5. The molecule has 0 heterocycles. The minimum atomic E-state index is 0.441. The Balaban J connectivity index is 2.62. The number of hydrogen-bond acceptors (Lipinski definition) is 1.